The van der Waals surface area contributed by atoms with Crippen molar-refractivity contribution < 1.29 is 23.1 Å². The maximum Gasteiger partial charge on any atom is 0.416 e. The van der Waals surface area contributed by atoms with Gasteiger partial charge < -0.3 is 10.5 Å². The number of hydrazone groups is 1. The molecule has 2 rings (SSSR count). The molecule has 5 nitrogen and oxygen atoms in total. The molecule has 0 amide bonds. The van der Waals surface area contributed by atoms with Crippen molar-refractivity contribution in [3.05, 3.63) is 59.2 Å². The number of halogens is 3. The first-order chi connectivity index (χ1) is 14.1. The van der Waals surface area contributed by atoms with Crippen LogP contribution in [0.3, 0.4) is 0 Å². The van der Waals surface area contributed by atoms with E-state index in [2.05, 4.69) is 10.5 Å². The Morgan fingerprint density at radius 1 is 1.20 bits per heavy atom. The molecule has 0 aliphatic heterocycles. The first-order valence-electron chi connectivity index (χ1n) is 9.05. The Balaban J connectivity index is 1.89. The summed E-state index contributed by atoms with van der Waals surface area (Å²) in [6.07, 6.45) is -3.83. The van der Waals surface area contributed by atoms with Crippen LogP contribution >= 0.6 is 11.8 Å². The van der Waals surface area contributed by atoms with Gasteiger partial charge in [-0.3, -0.25) is 10.2 Å². The number of aryl methyl sites for hydroxylation is 2. The van der Waals surface area contributed by atoms with Gasteiger partial charge in [0.25, 0.3) is 0 Å². The molecule has 0 atom stereocenters. The fraction of sp³-hybridized carbons (Fsp3) is 0.286. The molecule has 0 saturated heterocycles. The maximum atomic E-state index is 12.6. The SMILES string of the molecule is C/C(=N/Nc1ccc(C(F)(F)F)cc1)C(=N)CSc1ccc(CCC(=O)O)c(C)c1. The monoisotopic (exact) mass is 437 g/mol. The van der Waals surface area contributed by atoms with Crippen molar-refractivity contribution in [3.63, 3.8) is 0 Å². The molecule has 9 heteroatoms. The van der Waals surface area contributed by atoms with Gasteiger partial charge in [-0.05, 0) is 67.8 Å². The number of anilines is 1. The van der Waals surface area contributed by atoms with Gasteiger partial charge in [0.1, 0.15) is 0 Å². The van der Waals surface area contributed by atoms with E-state index in [1.807, 2.05) is 25.1 Å². The smallest absolute Gasteiger partial charge is 0.416 e. The molecule has 2 aromatic rings. The zero-order valence-corrected chi connectivity index (χ0v) is 17.3. The minimum Gasteiger partial charge on any atom is -0.481 e. The number of aliphatic carboxylic acids is 1. The average Bonchev–Trinajstić information content (AvgIpc) is 2.69. The van der Waals surface area contributed by atoms with Gasteiger partial charge in [0.15, 0.2) is 0 Å². The molecule has 0 bridgehead atoms. The number of benzene rings is 2. The molecule has 30 heavy (non-hydrogen) atoms. The van der Waals surface area contributed by atoms with Crippen LogP contribution in [-0.2, 0) is 17.4 Å². The first kappa shape index (κ1) is 23.5. The van der Waals surface area contributed by atoms with E-state index in [9.17, 15) is 18.0 Å². The average molecular weight is 437 g/mol. The second kappa shape index (κ2) is 10.3. The van der Waals surface area contributed by atoms with E-state index < -0.39 is 17.7 Å². The molecule has 160 valence electrons. The fourth-order valence-corrected chi connectivity index (χ4v) is 3.43. The van der Waals surface area contributed by atoms with Crippen molar-refractivity contribution in [2.75, 3.05) is 11.2 Å². The molecule has 0 saturated carbocycles. The number of thioether (sulfide) groups is 1. The zero-order valence-electron chi connectivity index (χ0n) is 16.5. The molecular formula is C21H22F3N3O2S. The van der Waals surface area contributed by atoms with Crippen molar-refractivity contribution in [2.24, 2.45) is 5.10 Å². The fourth-order valence-electron chi connectivity index (χ4n) is 2.49. The molecule has 0 heterocycles. The number of carboxylic acid groups (broad SMARTS) is 1. The van der Waals surface area contributed by atoms with Crippen LogP contribution in [0, 0.1) is 12.3 Å². The van der Waals surface area contributed by atoms with Gasteiger partial charge in [0.05, 0.1) is 22.7 Å². The van der Waals surface area contributed by atoms with Gasteiger partial charge in [0.2, 0.25) is 0 Å². The molecule has 0 radical (unpaired) electrons. The summed E-state index contributed by atoms with van der Waals surface area (Å²) < 4.78 is 37.7. The van der Waals surface area contributed by atoms with E-state index >= 15 is 0 Å². The molecule has 0 aliphatic rings. The summed E-state index contributed by atoms with van der Waals surface area (Å²) in [5.74, 6) is -0.459. The van der Waals surface area contributed by atoms with Crippen LogP contribution in [0.2, 0.25) is 0 Å². The minimum absolute atomic E-state index is 0.0829. The summed E-state index contributed by atoms with van der Waals surface area (Å²) in [6, 6.07) is 10.3. The number of nitrogens with one attached hydrogen (secondary N) is 2. The third kappa shape index (κ3) is 7.22. The molecule has 2 aromatic carbocycles. The lowest BCUT2D eigenvalue weighted by atomic mass is 10.0. The summed E-state index contributed by atoms with van der Waals surface area (Å²) in [4.78, 5) is 11.7. The number of hydrogen-bond donors (Lipinski definition) is 3. The topological polar surface area (TPSA) is 85.5 Å². The van der Waals surface area contributed by atoms with Crippen LogP contribution in [0.5, 0.6) is 0 Å². The van der Waals surface area contributed by atoms with Crippen molar-refractivity contribution in [1.82, 2.24) is 0 Å². The summed E-state index contributed by atoms with van der Waals surface area (Å²) in [5, 5.41) is 21.0. The number of carbonyl (C=O) groups is 1. The van der Waals surface area contributed by atoms with Crippen LogP contribution in [0.4, 0.5) is 18.9 Å². The standard InChI is InChI=1S/C21H22F3N3O2S/c1-13-11-18(9-3-15(13)4-10-20(28)29)30-12-19(25)14(2)26-27-17-7-5-16(6-8-17)21(22,23)24/h3,5-9,11,25,27H,4,10,12H2,1-2H3,(H,28,29)/b25-19?,26-14-. The van der Waals surface area contributed by atoms with E-state index in [0.29, 0.717) is 23.6 Å². The van der Waals surface area contributed by atoms with Gasteiger partial charge in [-0.1, -0.05) is 6.07 Å². The molecule has 0 unspecified atom stereocenters. The number of nitrogens with zero attached hydrogens (tertiary/aromatic N) is 1. The predicted molar refractivity (Wildman–Crippen MR) is 114 cm³/mol. The van der Waals surface area contributed by atoms with Gasteiger partial charge in [0, 0.05) is 17.1 Å². The summed E-state index contributed by atoms with van der Waals surface area (Å²) in [6.45, 7) is 3.58. The van der Waals surface area contributed by atoms with E-state index in [1.54, 1.807) is 6.92 Å². The highest BCUT2D eigenvalue weighted by Gasteiger charge is 2.29. The zero-order chi connectivity index (χ0) is 22.3. The summed E-state index contributed by atoms with van der Waals surface area (Å²) in [5.41, 5.74) is 5.02. The molecule has 0 fully saturated rings. The Morgan fingerprint density at radius 3 is 2.43 bits per heavy atom. The lowest BCUT2D eigenvalue weighted by Crippen LogP contribution is -2.13. The third-order valence-electron chi connectivity index (χ3n) is 4.31. The largest absolute Gasteiger partial charge is 0.481 e. The van der Waals surface area contributed by atoms with E-state index in [-0.39, 0.29) is 12.1 Å². The molecule has 0 aliphatic carbocycles. The Kier molecular flexibility index (Phi) is 8.05. The maximum absolute atomic E-state index is 12.6. The third-order valence-corrected chi connectivity index (χ3v) is 5.33. The predicted octanol–water partition coefficient (Wildman–Crippen LogP) is 5.63. The summed E-state index contributed by atoms with van der Waals surface area (Å²) >= 11 is 1.46. The molecule has 3 N–H and O–H groups in total. The van der Waals surface area contributed by atoms with E-state index in [1.165, 1.54) is 23.9 Å². The minimum atomic E-state index is -4.39. The van der Waals surface area contributed by atoms with Crippen LogP contribution < -0.4 is 5.43 Å². The number of hydrogen-bond acceptors (Lipinski definition) is 5. The second-order valence-corrected chi connectivity index (χ2v) is 7.68. The number of rotatable bonds is 9. The van der Waals surface area contributed by atoms with E-state index in [4.69, 9.17) is 10.5 Å². The van der Waals surface area contributed by atoms with Gasteiger partial charge in [-0.25, -0.2) is 0 Å². The van der Waals surface area contributed by atoms with Crippen LogP contribution in [0.15, 0.2) is 52.5 Å². The normalized spacial score (nSPS) is 12.0. The summed E-state index contributed by atoms with van der Waals surface area (Å²) in [7, 11) is 0. The van der Waals surface area contributed by atoms with Gasteiger partial charge in [-0.2, -0.15) is 18.3 Å². The van der Waals surface area contributed by atoms with E-state index in [0.717, 1.165) is 28.2 Å². The quantitative estimate of drug-likeness (QED) is 0.270. The number of carboxylic acids is 1. The van der Waals surface area contributed by atoms with Crippen molar-refractivity contribution in [1.29, 1.82) is 5.41 Å². The highest BCUT2D eigenvalue weighted by Crippen LogP contribution is 2.29. The molecule has 0 spiro atoms. The Hall–Kier alpha value is -2.81. The van der Waals surface area contributed by atoms with Gasteiger partial charge in [-0.15, -0.1) is 11.8 Å². The molecular weight excluding hydrogens is 415 g/mol. The van der Waals surface area contributed by atoms with Crippen molar-refractivity contribution in [2.45, 2.75) is 37.8 Å². The number of alkyl halides is 3. The molecule has 0 aromatic heterocycles. The van der Waals surface area contributed by atoms with Crippen molar-refractivity contribution >= 4 is 34.8 Å². The Bertz CT molecular complexity index is 942. The van der Waals surface area contributed by atoms with Crippen LogP contribution in [0.25, 0.3) is 0 Å². The second-order valence-electron chi connectivity index (χ2n) is 6.63. The van der Waals surface area contributed by atoms with Gasteiger partial charge >= 0.3 is 12.1 Å². The highest BCUT2D eigenvalue weighted by molar-refractivity contribution is 8.00. The lowest BCUT2D eigenvalue weighted by Gasteiger charge is -2.09. The Labute approximate surface area is 176 Å². The first-order valence-corrected chi connectivity index (χ1v) is 10.0. The van der Waals surface area contributed by atoms with Crippen LogP contribution in [-0.4, -0.2) is 28.3 Å². The highest BCUT2D eigenvalue weighted by atomic mass is 32.2. The van der Waals surface area contributed by atoms with Crippen LogP contribution in [0.1, 0.15) is 30.0 Å². The Morgan fingerprint density at radius 2 is 1.87 bits per heavy atom. The lowest BCUT2D eigenvalue weighted by molar-refractivity contribution is -0.138. The van der Waals surface area contributed by atoms with Crippen molar-refractivity contribution in [3.8, 4) is 0 Å².